The van der Waals surface area contributed by atoms with E-state index in [0.717, 1.165) is 30.0 Å². The molecule has 140 valence electrons. The number of carbonyl (C=O) groups is 1. The van der Waals surface area contributed by atoms with Crippen LogP contribution in [0.25, 0.3) is 0 Å². The van der Waals surface area contributed by atoms with Gasteiger partial charge in [-0.25, -0.2) is 0 Å². The zero-order chi connectivity index (χ0) is 18.2. The molecule has 1 heterocycles. The molecule has 0 radical (unpaired) electrons. The first-order valence-electron chi connectivity index (χ1n) is 7.75. The van der Waals surface area contributed by atoms with E-state index in [-0.39, 0.29) is 24.0 Å². The van der Waals surface area contributed by atoms with Crippen molar-refractivity contribution in [3.8, 4) is 0 Å². The zero-order valence-electron chi connectivity index (χ0n) is 13.5. The van der Waals surface area contributed by atoms with E-state index < -0.39 is 23.3 Å². The SMILES string of the molecule is Cl.Nc1ccc2c(c1)CCCC2NC(=O)c1ccc(C(F)(F)F)[nH]c1=O. The van der Waals surface area contributed by atoms with Gasteiger partial charge < -0.3 is 16.0 Å². The van der Waals surface area contributed by atoms with Crippen molar-refractivity contribution in [3.05, 3.63) is 63.1 Å². The number of hydrogen-bond donors (Lipinski definition) is 3. The van der Waals surface area contributed by atoms with Gasteiger partial charge in [-0.15, -0.1) is 12.4 Å². The van der Waals surface area contributed by atoms with Gasteiger partial charge in [0.15, 0.2) is 0 Å². The molecule has 1 aromatic carbocycles. The summed E-state index contributed by atoms with van der Waals surface area (Å²) >= 11 is 0. The number of amides is 1. The molecule has 5 nitrogen and oxygen atoms in total. The van der Waals surface area contributed by atoms with Gasteiger partial charge in [-0.2, -0.15) is 13.2 Å². The van der Waals surface area contributed by atoms with Gasteiger partial charge in [-0.1, -0.05) is 6.07 Å². The summed E-state index contributed by atoms with van der Waals surface area (Å²) in [5.41, 5.74) is 5.73. The van der Waals surface area contributed by atoms with Crippen LogP contribution in [0.1, 0.15) is 46.1 Å². The largest absolute Gasteiger partial charge is 0.431 e. The first-order valence-corrected chi connectivity index (χ1v) is 7.75. The molecule has 3 rings (SSSR count). The van der Waals surface area contributed by atoms with Crippen LogP contribution in [0, 0.1) is 0 Å². The van der Waals surface area contributed by atoms with Crippen LogP contribution in [0.3, 0.4) is 0 Å². The smallest absolute Gasteiger partial charge is 0.399 e. The first kappa shape index (κ1) is 19.8. The quantitative estimate of drug-likeness (QED) is 0.691. The highest BCUT2D eigenvalue weighted by Crippen LogP contribution is 2.31. The molecule has 0 saturated carbocycles. The zero-order valence-corrected chi connectivity index (χ0v) is 14.3. The Morgan fingerprint density at radius 1 is 1.23 bits per heavy atom. The fraction of sp³-hybridized carbons (Fsp3) is 0.294. The third kappa shape index (κ3) is 4.01. The van der Waals surface area contributed by atoms with Crippen molar-refractivity contribution in [2.24, 2.45) is 0 Å². The second-order valence-electron chi connectivity index (χ2n) is 5.99. The second kappa shape index (κ2) is 7.41. The molecule has 0 saturated heterocycles. The highest BCUT2D eigenvalue weighted by molar-refractivity contribution is 5.94. The molecule has 0 bridgehead atoms. The molecule has 1 aliphatic carbocycles. The number of aromatic amines is 1. The number of nitrogens with two attached hydrogens (primary N) is 1. The minimum absolute atomic E-state index is 0. The van der Waals surface area contributed by atoms with Crippen LogP contribution in [-0.4, -0.2) is 10.9 Å². The van der Waals surface area contributed by atoms with E-state index in [1.165, 1.54) is 0 Å². The molecule has 26 heavy (non-hydrogen) atoms. The fourth-order valence-electron chi connectivity index (χ4n) is 3.04. The van der Waals surface area contributed by atoms with Crippen LogP contribution < -0.4 is 16.6 Å². The summed E-state index contributed by atoms with van der Waals surface area (Å²) in [5.74, 6) is -0.704. The van der Waals surface area contributed by atoms with Gasteiger partial charge in [-0.3, -0.25) is 9.59 Å². The highest BCUT2D eigenvalue weighted by atomic mass is 35.5. The summed E-state index contributed by atoms with van der Waals surface area (Å²) < 4.78 is 37.8. The van der Waals surface area contributed by atoms with Gasteiger partial charge >= 0.3 is 6.18 Å². The van der Waals surface area contributed by atoms with Crippen LogP contribution in [0.5, 0.6) is 0 Å². The maximum absolute atomic E-state index is 12.6. The van der Waals surface area contributed by atoms with Crippen molar-refractivity contribution in [1.29, 1.82) is 0 Å². The standard InChI is InChI=1S/C17H16F3N3O2.ClH/c18-17(19,20)14-7-6-12(16(25)23-14)15(24)22-13-3-1-2-9-8-10(21)4-5-11(9)13;/h4-8,13H,1-3,21H2,(H,22,24)(H,23,25);1H. The molecule has 2 aromatic rings. The van der Waals surface area contributed by atoms with Gasteiger partial charge in [0.05, 0.1) is 6.04 Å². The van der Waals surface area contributed by atoms with Crippen molar-refractivity contribution in [3.63, 3.8) is 0 Å². The van der Waals surface area contributed by atoms with E-state index in [4.69, 9.17) is 5.73 Å². The number of pyridine rings is 1. The Labute approximate surface area is 153 Å². The number of alkyl halides is 3. The number of fused-ring (bicyclic) bond motifs is 1. The van der Waals surface area contributed by atoms with E-state index in [9.17, 15) is 22.8 Å². The molecule has 1 atom stereocenters. The molecular formula is C17H17ClF3N3O2. The van der Waals surface area contributed by atoms with Gasteiger partial charge in [0, 0.05) is 5.69 Å². The Balaban J connectivity index is 0.00000243. The number of halogens is 4. The highest BCUT2D eigenvalue weighted by Gasteiger charge is 2.32. The Kier molecular flexibility index (Phi) is 5.65. The number of hydrogen-bond acceptors (Lipinski definition) is 3. The van der Waals surface area contributed by atoms with Gasteiger partial charge in [0.25, 0.3) is 11.5 Å². The van der Waals surface area contributed by atoms with Gasteiger partial charge in [0.1, 0.15) is 11.3 Å². The summed E-state index contributed by atoms with van der Waals surface area (Å²) in [5, 5.41) is 2.73. The molecule has 0 aliphatic heterocycles. The molecule has 1 aliphatic rings. The maximum Gasteiger partial charge on any atom is 0.431 e. The molecule has 9 heteroatoms. The summed E-state index contributed by atoms with van der Waals surface area (Å²) in [6.07, 6.45) is -2.31. The third-order valence-corrected chi connectivity index (χ3v) is 4.25. The van der Waals surface area contributed by atoms with Crippen LogP contribution in [0.15, 0.2) is 35.1 Å². The van der Waals surface area contributed by atoms with E-state index in [1.54, 1.807) is 11.1 Å². The fourth-order valence-corrected chi connectivity index (χ4v) is 3.04. The Morgan fingerprint density at radius 3 is 2.62 bits per heavy atom. The Bertz CT molecular complexity index is 880. The van der Waals surface area contributed by atoms with Crippen LogP contribution in [0.2, 0.25) is 0 Å². The molecule has 0 fully saturated rings. The minimum Gasteiger partial charge on any atom is -0.399 e. The number of carbonyl (C=O) groups excluding carboxylic acids is 1. The topological polar surface area (TPSA) is 88.0 Å². The van der Waals surface area contributed by atoms with E-state index in [2.05, 4.69) is 5.32 Å². The van der Waals surface area contributed by atoms with Crippen molar-refractivity contribution in [2.45, 2.75) is 31.5 Å². The Hall–Kier alpha value is -2.48. The summed E-state index contributed by atoms with van der Waals surface area (Å²) in [6.45, 7) is 0. The summed E-state index contributed by atoms with van der Waals surface area (Å²) in [7, 11) is 0. The van der Waals surface area contributed by atoms with Crippen molar-refractivity contribution in [1.82, 2.24) is 10.3 Å². The number of anilines is 1. The van der Waals surface area contributed by atoms with Gasteiger partial charge in [-0.05, 0) is 54.7 Å². The van der Waals surface area contributed by atoms with Crippen LogP contribution in [0.4, 0.5) is 18.9 Å². The molecule has 1 unspecified atom stereocenters. The normalized spacial score (nSPS) is 16.3. The lowest BCUT2D eigenvalue weighted by Gasteiger charge is -2.26. The molecule has 1 aromatic heterocycles. The molecular weight excluding hydrogens is 371 g/mol. The lowest BCUT2D eigenvalue weighted by molar-refractivity contribution is -0.141. The number of nitrogens with one attached hydrogen (secondary N) is 2. The molecule has 4 N–H and O–H groups in total. The number of H-pyrrole nitrogens is 1. The number of aryl methyl sites for hydroxylation is 1. The van der Waals surface area contributed by atoms with E-state index in [0.29, 0.717) is 18.2 Å². The third-order valence-electron chi connectivity index (χ3n) is 4.25. The van der Waals surface area contributed by atoms with Crippen molar-refractivity contribution >= 4 is 24.0 Å². The Morgan fingerprint density at radius 2 is 1.96 bits per heavy atom. The first-order chi connectivity index (χ1) is 11.8. The summed E-state index contributed by atoms with van der Waals surface area (Å²) in [6, 6.07) is 6.67. The van der Waals surface area contributed by atoms with E-state index >= 15 is 0 Å². The number of rotatable bonds is 2. The average molecular weight is 388 g/mol. The van der Waals surface area contributed by atoms with Crippen molar-refractivity contribution in [2.75, 3.05) is 5.73 Å². The summed E-state index contributed by atoms with van der Waals surface area (Å²) in [4.78, 5) is 25.9. The van der Waals surface area contributed by atoms with Crippen LogP contribution >= 0.6 is 12.4 Å². The second-order valence-corrected chi connectivity index (χ2v) is 5.99. The maximum atomic E-state index is 12.6. The predicted octanol–water partition coefficient (Wildman–Crippen LogP) is 3.21. The predicted molar refractivity (Wildman–Crippen MR) is 93.3 cm³/mol. The molecule has 1 amide bonds. The van der Waals surface area contributed by atoms with Crippen LogP contribution in [-0.2, 0) is 12.6 Å². The molecule has 0 spiro atoms. The number of nitrogen functional groups attached to an aromatic ring is 1. The lowest BCUT2D eigenvalue weighted by atomic mass is 9.87. The number of aromatic nitrogens is 1. The lowest BCUT2D eigenvalue weighted by Crippen LogP contribution is -2.35. The van der Waals surface area contributed by atoms with E-state index in [1.807, 2.05) is 12.1 Å². The monoisotopic (exact) mass is 387 g/mol. The number of benzene rings is 1. The minimum atomic E-state index is -4.67. The average Bonchev–Trinajstić information content (AvgIpc) is 2.53. The van der Waals surface area contributed by atoms with Crippen molar-refractivity contribution < 1.29 is 18.0 Å². The van der Waals surface area contributed by atoms with Gasteiger partial charge in [0.2, 0.25) is 0 Å².